The molecule has 0 radical (unpaired) electrons. The van der Waals surface area contributed by atoms with Crippen LogP contribution in [0.15, 0.2) is 42.5 Å². The molecule has 0 amide bonds. The van der Waals surface area contributed by atoms with Gasteiger partial charge in [0.05, 0.1) is 0 Å². The second kappa shape index (κ2) is 5.72. The maximum atomic E-state index is 9.32. The summed E-state index contributed by atoms with van der Waals surface area (Å²) >= 11 is 0. The fourth-order valence-electron chi connectivity index (χ4n) is 3.12. The van der Waals surface area contributed by atoms with Gasteiger partial charge in [-0.3, -0.25) is 4.90 Å². The zero-order valence-corrected chi connectivity index (χ0v) is 11.3. The minimum absolute atomic E-state index is 0.325. The van der Waals surface area contributed by atoms with Crippen LogP contribution in [0.1, 0.15) is 18.4 Å². The minimum atomic E-state index is 0.325. The molecule has 0 spiro atoms. The van der Waals surface area contributed by atoms with Crippen LogP contribution < -0.4 is 0 Å². The zero-order valence-electron chi connectivity index (χ0n) is 11.3. The normalized spacial score (nSPS) is 20.8. The monoisotopic (exact) mass is 255 g/mol. The lowest BCUT2D eigenvalue weighted by Crippen LogP contribution is -2.36. The van der Waals surface area contributed by atoms with Crippen LogP contribution >= 0.6 is 0 Å². The SMILES string of the molecule is OC[C@@H]1CCCN(Cc2cccc3ccccc23)C1. The summed E-state index contributed by atoms with van der Waals surface area (Å²) in [5, 5.41) is 12.0. The highest BCUT2D eigenvalue weighted by atomic mass is 16.3. The third kappa shape index (κ3) is 2.80. The van der Waals surface area contributed by atoms with Gasteiger partial charge in [-0.05, 0) is 41.6 Å². The summed E-state index contributed by atoms with van der Waals surface area (Å²) in [6, 6.07) is 15.1. The Morgan fingerprint density at radius 1 is 1.11 bits per heavy atom. The van der Waals surface area contributed by atoms with Crippen LogP contribution in [0.25, 0.3) is 10.8 Å². The number of likely N-dealkylation sites (tertiary alicyclic amines) is 1. The number of aliphatic hydroxyl groups is 1. The Morgan fingerprint density at radius 3 is 2.84 bits per heavy atom. The molecule has 1 saturated heterocycles. The van der Waals surface area contributed by atoms with Gasteiger partial charge in [0.2, 0.25) is 0 Å². The van der Waals surface area contributed by atoms with Crippen molar-refractivity contribution in [1.29, 1.82) is 0 Å². The van der Waals surface area contributed by atoms with Gasteiger partial charge in [0, 0.05) is 19.7 Å². The Bertz CT molecular complexity index is 546. The van der Waals surface area contributed by atoms with E-state index >= 15 is 0 Å². The van der Waals surface area contributed by atoms with Gasteiger partial charge in [0.25, 0.3) is 0 Å². The van der Waals surface area contributed by atoms with Crippen molar-refractivity contribution in [3.05, 3.63) is 48.0 Å². The van der Waals surface area contributed by atoms with E-state index in [1.54, 1.807) is 0 Å². The molecule has 1 aliphatic heterocycles. The fourth-order valence-corrected chi connectivity index (χ4v) is 3.12. The van der Waals surface area contributed by atoms with Crippen LogP contribution in [-0.4, -0.2) is 29.7 Å². The Kier molecular flexibility index (Phi) is 3.81. The maximum Gasteiger partial charge on any atom is 0.0471 e. The first kappa shape index (κ1) is 12.6. The van der Waals surface area contributed by atoms with Crippen molar-refractivity contribution >= 4 is 10.8 Å². The molecule has 100 valence electrons. The van der Waals surface area contributed by atoms with Gasteiger partial charge in [0.1, 0.15) is 0 Å². The van der Waals surface area contributed by atoms with Crippen LogP contribution in [0.2, 0.25) is 0 Å². The molecule has 0 unspecified atom stereocenters. The van der Waals surface area contributed by atoms with Crippen LogP contribution in [0.5, 0.6) is 0 Å². The van der Waals surface area contributed by atoms with Gasteiger partial charge >= 0.3 is 0 Å². The summed E-state index contributed by atoms with van der Waals surface area (Å²) in [6.45, 7) is 3.50. The maximum absolute atomic E-state index is 9.32. The van der Waals surface area contributed by atoms with Crippen molar-refractivity contribution in [2.24, 2.45) is 5.92 Å². The molecule has 2 nitrogen and oxygen atoms in total. The van der Waals surface area contributed by atoms with Gasteiger partial charge < -0.3 is 5.11 Å². The van der Waals surface area contributed by atoms with E-state index in [0.717, 1.165) is 19.6 Å². The number of rotatable bonds is 3. The quantitative estimate of drug-likeness (QED) is 0.911. The molecule has 1 fully saturated rings. The largest absolute Gasteiger partial charge is 0.396 e. The van der Waals surface area contributed by atoms with Crippen LogP contribution in [0.3, 0.4) is 0 Å². The Labute approximate surface area is 114 Å². The zero-order chi connectivity index (χ0) is 13.1. The Hall–Kier alpha value is -1.38. The molecule has 2 heteroatoms. The molecule has 1 aliphatic rings. The number of aliphatic hydroxyl groups excluding tert-OH is 1. The number of benzene rings is 2. The van der Waals surface area contributed by atoms with Crippen LogP contribution in [-0.2, 0) is 6.54 Å². The van der Waals surface area contributed by atoms with Gasteiger partial charge in [-0.1, -0.05) is 42.5 Å². The van der Waals surface area contributed by atoms with E-state index in [0.29, 0.717) is 12.5 Å². The molecule has 19 heavy (non-hydrogen) atoms. The fraction of sp³-hybridized carbons (Fsp3) is 0.412. The first-order valence-corrected chi connectivity index (χ1v) is 7.16. The van der Waals surface area contributed by atoms with Crippen molar-refractivity contribution in [2.45, 2.75) is 19.4 Å². The standard InChI is InChI=1S/C17H21NO/c19-13-14-5-4-10-18(11-14)12-16-8-3-7-15-6-1-2-9-17(15)16/h1-3,6-9,14,19H,4-5,10-13H2/t14-/m1/s1. The lowest BCUT2D eigenvalue weighted by Gasteiger charge is -2.32. The highest BCUT2D eigenvalue weighted by Crippen LogP contribution is 2.23. The van der Waals surface area contributed by atoms with E-state index in [1.807, 2.05) is 0 Å². The van der Waals surface area contributed by atoms with Gasteiger partial charge in [0.15, 0.2) is 0 Å². The molecule has 1 N–H and O–H groups in total. The minimum Gasteiger partial charge on any atom is -0.396 e. The van der Waals surface area contributed by atoms with E-state index in [1.165, 1.54) is 29.2 Å². The highest BCUT2D eigenvalue weighted by Gasteiger charge is 2.19. The third-order valence-electron chi connectivity index (χ3n) is 4.14. The van der Waals surface area contributed by atoms with E-state index in [-0.39, 0.29) is 0 Å². The summed E-state index contributed by atoms with van der Waals surface area (Å²) in [5.74, 6) is 0.462. The van der Waals surface area contributed by atoms with E-state index in [4.69, 9.17) is 0 Å². The molecule has 0 aromatic heterocycles. The van der Waals surface area contributed by atoms with Crippen molar-refractivity contribution in [3.63, 3.8) is 0 Å². The first-order valence-electron chi connectivity index (χ1n) is 7.16. The number of fused-ring (bicyclic) bond motifs is 1. The van der Waals surface area contributed by atoms with Crippen molar-refractivity contribution in [3.8, 4) is 0 Å². The summed E-state index contributed by atoms with van der Waals surface area (Å²) < 4.78 is 0. The van der Waals surface area contributed by atoms with E-state index < -0.39 is 0 Å². The van der Waals surface area contributed by atoms with Gasteiger partial charge in [-0.25, -0.2) is 0 Å². The lowest BCUT2D eigenvalue weighted by atomic mass is 9.97. The average molecular weight is 255 g/mol. The predicted octanol–water partition coefficient (Wildman–Crippen LogP) is 3.04. The first-order chi connectivity index (χ1) is 9.36. The predicted molar refractivity (Wildman–Crippen MR) is 79.0 cm³/mol. The van der Waals surface area contributed by atoms with E-state index in [2.05, 4.69) is 47.4 Å². The molecule has 3 rings (SSSR count). The van der Waals surface area contributed by atoms with Crippen LogP contribution in [0.4, 0.5) is 0 Å². The molecular formula is C17H21NO. The summed E-state index contributed by atoms with van der Waals surface area (Å²) in [4.78, 5) is 2.48. The van der Waals surface area contributed by atoms with Gasteiger partial charge in [-0.2, -0.15) is 0 Å². The average Bonchev–Trinajstić information content (AvgIpc) is 2.48. The smallest absolute Gasteiger partial charge is 0.0471 e. The topological polar surface area (TPSA) is 23.5 Å². The molecule has 1 atom stereocenters. The number of piperidine rings is 1. The van der Waals surface area contributed by atoms with Crippen molar-refractivity contribution in [2.75, 3.05) is 19.7 Å². The molecule has 0 bridgehead atoms. The number of hydrogen-bond acceptors (Lipinski definition) is 2. The molecule has 0 saturated carbocycles. The third-order valence-corrected chi connectivity index (χ3v) is 4.14. The highest BCUT2D eigenvalue weighted by molar-refractivity contribution is 5.85. The van der Waals surface area contributed by atoms with Gasteiger partial charge in [-0.15, -0.1) is 0 Å². The number of hydrogen-bond donors (Lipinski definition) is 1. The molecule has 1 heterocycles. The second-order valence-electron chi connectivity index (χ2n) is 5.56. The van der Waals surface area contributed by atoms with Crippen molar-refractivity contribution < 1.29 is 5.11 Å². The number of nitrogens with zero attached hydrogens (tertiary/aromatic N) is 1. The molecule has 2 aromatic rings. The summed E-state index contributed by atoms with van der Waals surface area (Å²) in [6.07, 6.45) is 2.37. The van der Waals surface area contributed by atoms with Crippen molar-refractivity contribution in [1.82, 2.24) is 4.90 Å². The second-order valence-corrected chi connectivity index (χ2v) is 5.56. The summed E-state index contributed by atoms with van der Waals surface area (Å²) in [7, 11) is 0. The Morgan fingerprint density at radius 2 is 1.95 bits per heavy atom. The molecular weight excluding hydrogens is 234 g/mol. The summed E-state index contributed by atoms with van der Waals surface area (Å²) in [5.41, 5.74) is 1.40. The Balaban J connectivity index is 1.81. The lowest BCUT2D eigenvalue weighted by molar-refractivity contribution is 0.116. The molecule has 2 aromatic carbocycles. The molecule has 0 aliphatic carbocycles. The van der Waals surface area contributed by atoms with Crippen LogP contribution in [0, 0.1) is 5.92 Å². The van der Waals surface area contributed by atoms with E-state index in [9.17, 15) is 5.11 Å².